The lowest BCUT2D eigenvalue weighted by molar-refractivity contribution is 0.0318. The van der Waals surface area contributed by atoms with E-state index in [0.717, 1.165) is 0 Å². The van der Waals surface area contributed by atoms with Gasteiger partial charge in [0.25, 0.3) is 0 Å². The number of hydrogen-bond donors (Lipinski definition) is 2. The molecule has 0 aliphatic carbocycles. The van der Waals surface area contributed by atoms with E-state index in [9.17, 15) is 9.50 Å². The molecule has 1 aromatic carbocycles. The van der Waals surface area contributed by atoms with Gasteiger partial charge in [-0.1, -0.05) is 18.2 Å². The van der Waals surface area contributed by atoms with Crippen LogP contribution in [0.3, 0.4) is 0 Å². The molecule has 2 atom stereocenters. The predicted octanol–water partition coefficient (Wildman–Crippen LogP) is 1.66. The van der Waals surface area contributed by atoms with E-state index in [1.807, 2.05) is 32.0 Å². The maximum atomic E-state index is 13.5. The Hall–Kier alpha value is -0.970. The van der Waals surface area contributed by atoms with Crippen LogP contribution in [-0.2, 0) is 6.42 Å². The Balaban J connectivity index is 2.44. The Bertz CT molecular complexity index is 393. The fourth-order valence-corrected chi connectivity index (χ4v) is 2.20. The number of nitrogens with one attached hydrogen (secondary N) is 1. The number of nitrogens with zero attached hydrogens (tertiary/aromatic N) is 1. The van der Waals surface area contributed by atoms with Crippen LogP contribution in [0.5, 0.6) is 0 Å². The summed E-state index contributed by atoms with van der Waals surface area (Å²) in [5.74, 6) is -0.170. The lowest BCUT2D eigenvalue weighted by atomic mass is 10.0. The first-order chi connectivity index (χ1) is 8.80. The zero-order valence-corrected chi connectivity index (χ0v) is 12.3. The highest BCUT2D eigenvalue weighted by atomic mass is 19.1. The maximum absolute atomic E-state index is 13.5. The molecule has 0 aliphatic rings. The van der Waals surface area contributed by atoms with Gasteiger partial charge in [0.05, 0.1) is 5.60 Å². The van der Waals surface area contributed by atoms with Gasteiger partial charge in [0.2, 0.25) is 0 Å². The topological polar surface area (TPSA) is 35.5 Å². The van der Waals surface area contributed by atoms with Crippen molar-refractivity contribution in [1.82, 2.24) is 10.2 Å². The van der Waals surface area contributed by atoms with E-state index in [1.165, 1.54) is 6.07 Å². The molecule has 19 heavy (non-hydrogen) atoms. The second-order valence-electron chi connectivity index (χ2n) is 5.81. The molecule has 0 heterocycles. The van der Waals surface area contributed by atoms with Crippen molar-refractivity contribution in [3.05, 3.63) is 35.6 Å². The summed E-state index contributed by atoms with van der Waals surface area (Å²) in [5.41, 5.74) is -0.0813. The summed E-state index contributed by atoms with van der Waals surface area (Å²) in [5, 5.41) is 13.4. The van der Waals surface area contributed by atoms with Crippen LogP contribution in [0.25, 0.3) is 0 Å². The Morgan fingerprint density at radius 3 is 2.58 bits per heavy atom. The Morgan fingerprint density at radius 1 is 1.37 bits per heavy atom. The smallest absolute Gasteiger partial charge is 0.126 e. The van der Waals surface area contributed by atoms with Crippen LogP contribution in [0.1, 0.15) is 19.4 Å². The summed E-state index contributed by atoms with van der Waals surface area (Å²) < 4.78 is 13.5. The normalized spacial score (nSPS) is 16.4. The zero-order valence-electron chi connectivity index (χ0n) is 12.3. The standard InChI is InChI=1S/C15H25FN2O/c1-12(9-13-7-5-6-8-14(13)16)17-10-15(2,19)11-18(3)4/h5-8,12,17,19H,9-11H2,1-4H3. The number of hydrogen-bond acceptors (Lipinski definition) is 3. The van der Waals surface area contributed by atoms with E-state index in [-0.39, 0.29) is 11.9 Å². The minimum atomic E-state index is -0.785. The van der Waals surface area contributed by atoms with Gasteiger partial charge in [-0.2, -0.15) is 0 Å². The minimum absolute atomic E-state index is 0.116. The third-order valence-corrected chi connectivity index (χ3v) is 2.97. The molecule has 3 nitrogen and oxygen atoms in total. The molecule has 1 aromatic rings. The van der Waals surface area contributed by atoms with Gasteiger partial charge < -0.3 is 15.3 Å². The molecule has 4 heteroatoms. The Labute approximate surface area is 115 Å². The van der Waals surface area contributed by atoms with Crippen LogP contribution in [-0.4, -0.2) is 48.8 Å². The highest BCUT2D eigenvalue weighted by molar-refractivity contribution is 5.18. The van der Waals surface area contributed by atoms with Crippen molar-refractivity contribution < 1.29 is 9.50 Å². The van der Waals surface area contributed by atoms with Crippen LogP contribution in [0.4, 0.5) is 4.39 Å². The van der Waals surface area contributed by atoms with Crippen LogP contribution < -0.4 is 5.32 Å². The van der Waals surface area contributed by atoms with Crippen LogP contribution in [0.2, 0.25) is 0 Å². The van der Waals surface area contributed by atoms with Crippen LogP contribution >= 0.6 is 0 Å². The van der Waals surface area contributed by atoms with Gasteiger partial charge in [-0.25, -0.2) is 4.39 Å². The summed E-state index contributed by atoms with van der Waals surface area (Å²) >= 11 is 0. The predicted molar refractivity (Wildman–Crippen MR) is 76.7 cm³/mol. The van der Waals surface area contributed by atoms with Crippen LogP contribution in [0, 0.1) is 5.82 Å². The van der Waals surface area contributed by atoms with Gasteiger partial charge in [0.1, 0.15) is 5.82 Å². The SMILES string of the molecule is CC(Cc1ccccc1F)NCC(C)(O)CN(C)C. The molecule has 0 saturated heterocycles. The molecule has 0 aliphatic heterocycles. The number of rotatable bonds is 7. The first-order valence-electron chi connectivity index (χ1n) is 6.64. The molecule has 0 amide bonds. The molecule has 0 aromatic heterocycles. The largest absolute Gasteiger partial charge is 0.388 e. The number of aliphatic hydroxyl groups is 1. The van der Waals surface area contributed by atoms with Crippen molar-refractivity contribution in [2.45, 2.75) is 31.9 Å². The highest BCUT2D eigenvalue weighted by Crippen LogP contribution is 2.10. The molecule has 0 bridgehead atoms. The van der Waals surface area contributed by atoms with E-state index in [0.29, 0.717) is 25.1 Å². The van der Waals surface area contributed by atoms with E-state index in [4.69, 9.17) is 0 Å². The number of halogens is 1. The summed E-state index contributed by atoms with van der Waals surface area (Å²) in [6.07, 6.45) is 0.616. The molecule has 2 unspecified atom stereocenters. The molecule has 0 fully saturated rings. The third-order valence-electron chi connectivity index (χ3n) is 2.97. The average molecular weight is 268 g/mol. The van der Waals surface area contributed by atoms with E-state index >= 15 is 0 Å². The second kappa shape index (κ2) is 6.98. The van der Waals surface area contributed by atoms with Crippen molar-refractivity contribution >= 4 is 0 Å². The Morgan fingerprint density at radius 2 is 2.00 bits per heavy atom. The molecule has 0 saturated carbocycles. The number of likely N-dealkylation sites (N-methyl/N-ethyl adjacent to an activating group) is 1. The molecule has 0 radical (unpaired) electrons. The summed E-state index contributed by atoms with van der Waals surface area (Å²) in [4.78, 5) is 1.95. The monoisotopic (exact) mass is 268 g/mol. The average Bonchev–Trinajstić information content (AvgIpc) is 2.28. The summed E-state index contributed by atoms with van der Waals surface area (Å²) in [7, 11) is 3.86. The molecule has 108 valence electrons. The summed E-state index contributed by atoms with van der Waals surface area (Å²) in [6, 6.07) is 6.92. The fourth-order valence-electron chi connectivity index (χ4n) is 2.20. The van der Waals surface area contributed by atoms with Crippen molar-refractivity contribution in [3.63, 3.8) is 0 Å². The van der Waals surface area contributed by atoms with Crippen molar-refractivity contribution in [2.24, 2.45) is 0 Å². The first kappa shape index (κ1) is 16.1. The number of benzene rings is 1. The molecular weight excluding hydrogens is 243 g/mol. The second-order valence-corrected chi connectivity index (χ2v) is 5.81. The van der Waals surface area contributed by atoms with Crippen LogP contribution in [0.15, 0.2) is 24.3 Å². The van der Waals surface area contributed by atoms with Gasteiger partial charge in [0.15, 0.2) is 0 Å². The van der Waals surface area contributed by atoms with Gasteiger partial charge in [-0.05, 0) is 46.0 Å². The summed E-state index contributed by atoms with van der Waals surface area (Å²) in [6.45, 7) is 4.88. The molecule has 0 spiro atoms. The molecule has 2 N–H and O–H groups in total. The lowest BCUT2D eigenvalue weighted by Crippen LogP contribution is -2.48. The van der Waals surface area contributed by atoms with E-state index < -0.39 is 5.60 Å². The van der Waals surface area contributed by atoms with E-state index in [2.05, 4.69) is 5.32 Å². The highest BCUT2D eigenvalue weighted by Gasteiger charge is 2.21. The van der Waals surface area contributed by atoms with Gasteiger partial charge in [-0.3, -0.25) is 0 Å². The van der Waals surface area contributed by atoms with Crippen molar-refractivity contribution in [3.8, 4) is 0 Å². The minimum Gasteiger partial charge on any atom is -0.388 e. The van der Waals surface area contributed by atoms with Gasteiger partial charge in [-0.15, -0.1) is 0 Å². The van der Waals surface area contributed by atoms with Crippen molar-refractivity contribution in [1.29, 1.82) is 0 Å². The molecule has 1 rings (SSSR count). The maximum Gasteiger partial charge on any atom is 0.126 e. The van der Waals surface area contributed by atoms with E-state index in [1.54, 1.807) is 19.1 Å². The quantitative estimate of drug-likeness (QED) is 0.789. The van der Waals surface area contributed by atoms with Gasteiger partial charge in [0, 0.05) is 19.1 Å². The third kappa shape index (κ3) is 6.14. The lowest BCUT2D eigenvalue weighted by Gasteiger charge is -2.29. The van der Waals surface area contributed by atoms with Gasteiger partial charge >= 0.3 is 0 Å². The molecular formula is C15H25FN2O. The first-order valence-corrected chi connectivity index (χ1v) is 6.64. The van der Waals surface area contributed by atoms with Crippen molar-refractivity contribution in [2.75, 3.05) is 27.2 Å². The zero-order chi connectivity index (χ0) is 14.5. The Kier molecular flexibility index (Phi) is 5.91. The fraction of sp³-hybridized carbons (Fsp3) is 0.600.